The Morgan fingerprint density at radius 2 is 1.52 bits per heavy atom. The first-order valence-electron chi connectivity index (χ1n) is 18.2. The number of allylic oxidation sites excluding steroid dienone is 7. The molecule has 0 bridgehead atoms. The second kappa shape index (κ2) is 10.4. The van der Waals surface area contributed by atoms with Crippen LogP contribution in [-0.2, 0) is 4.79 Å². The molecule has 3 nitrogen and oxygen atoms in total. The van der Waals surface area contributed by atoms with E-state index < -0.39 is 11.7 Å². The lowest BCUT2D eigenvalue weighted by molar-refractivity contribution is -0.116. The van der Waals surface area contributed by atoms with Crippen LogP contribution in [0.5, 0.6) is 0 Å². The summed E-state index contributed by atoms with van der Waals surface area (Å²) in [6.45, 7) is 8.79. The van der Waals surface area contributed by atoms with Gasteiger partial charge in [-0.2, -0.15) is 0 Å². The molecule has 0 amide bonds. The molecular weight excluding hydrogens is 540 g/mol. The molecule has 0 aromatic heterocycles. The summed E-state index contributed by atoms with van der Waals surface area (Å²) >= 11 is 0. The van der Waals surface area contributed by atoms with Crippen LogP contribution in [0.2, 0.25) is 0 Å². The molecule has 0 heterocycles. The van der Waals surface area contributed by atoms with Gasteiger partial charge in [0.15, 0.2) is 11.4 Å². The molecule has 8 rings (SSSR count). The Kier molecular flexibility index (Phi) is 6.94. The number of carbonyl (C=O) groups excluding carboxylic acids is 1. The van der Waals surface area contributed by atoms with Gasteiger partial charge >= 0.3 is 0 Å². The number of carbonyl (C=O) groups is 1. The van der Waals surface area contributed by atoms with Crippen LogP contribution in [-0.4, -0.2) is 27.7 Å². The zero-order valence-electron chi connectivity index (χ0n) is 27.0. The van der Waals surface area contributed by atoms with Crippen LogP contribution in [0.3, 0.4) is 0 Å². The molecule has 0 aromatic rings. The fraction of sp³-hybridized carbons (Fsp3) is 0.683. The molecule has 0 spiro atoms. The third-order valence-electron chi connectivity index (χ3n) is 15.1. The van der Waals surface area contributed by atoms with E-state index in [1.807, 2.05) is 12.2 Å². The Hall–Kier alpha value is -2.15. The number of fused-ring (bicyclic) bond motifs is 10. The van der Waals surface area contributed by atoms with Crippen molar-refractivity contribution in [2.45, 2.75) is 115 Å². The first-order valence-corrected chi connectivity index (χ1v) is 18.2. The van der Waals surface area contributed by atoms with Gasteiger partial charge in [-0.05, 0) is 143 Å². The highest BCUT2D eigenvalue weighted by Crippen LogP contribution is 2.65. The largest absolute Gasteiger partial charge is 0.387 e. The highest BCUT2D eigenvalue weighted by molar-refractivity contribution is 5.91. The molecule has 4 fully saturated rings. The normalized spacial score (nSPS) is 48.7. The summed E-state index contributed by atoms with van der Waals surface area (Å²) in [5.41, 5.74) is 3.67. The number of hydrogen-bond donors (Lipinski definition) is 2. The maximum absolute atomic E-state index is 12.4. The van der Waals surface area contributed by atoms with Gasteiger partial charge in [0.1, 0.15) is 0 Å². The van der Waals surface area contributed by atoms with Crippen molar-refractivity contribution in [3.63, 3.8) is 0 Å². The molecule has 12 atom stereocenters. The molecule has 2 N–H and O–H groups in total. The van der Waals surface area contributed by atoms with Crippen LogP contribution in [0, 0.1) is 70.0 Å². The Bertz CT molecular complexity index is 1450. The monoisotopic (exact) mass is 592 g/mol. The van der Waals surface area contributed by atoms with Crippen LogP contribution in [0.1, 0.15) is 104 Å². The second-order valence-corrected chi connectivity index (χ2v) is 16.2. The van der Waals surface area contributed by atoms with E-state index in [0.29, 0.717) is 59.5 Å². The second-order valence-electron chi connectivity index (χ2n) is 16.2. The van der Waals surface area contributed by atoms with Crippen molar-refractivity contribution < 1.29 is 15.0 Å². The lowest BCUT2D eigenvalue weighted by Gasteiger charge is -2.55. The lowest BCUT2D eigenvalue weighted by atomic mass is 9.49. The van der Waals surface area contributed by atoms with E-state index in [1.54, 1.807) is 5.57 Å². The van der Waals surface area contributed by atoms with Gasteiger partial charge in [-0.3, -0.25) is 4.79 Å². The third-order valence-corrected chi connectivity index (χ3v) is 15.1. The fourth-order valence-corrected chi connectivity index (χ4v) is 12.9. The topological polar surface area (TPSA) is 57.5 Å². The lowest BCUT2D eigenvalue weighted by Crippen LogP contribution is -2.54. The van der Waals surface area contributed by atoms with Crippen LogP contribution in [0.4, 0.5) is 0 Å². The summed E-state index contributed by atoms with van der Waals surface area (Å²) in [6.07, 6.45) is 25.4. The number of aliphatic hydroxyl groups excluding tert-OH is 1. The van der Waals surface area contributed by atoms with E-state index in [1.165, 1.54) is 36.8 Å². The van der Waals surface area contributed by atoms with Crippen molar-refractivity contribution in [1.82, 2.24) is 0 Å². The summed E-state index contributed by atoms with van der Waals surface area (Å²) in [5, 5.41) is 24.4. The molecule has 8 aliphatic rings. The van der Waals surface area contributed by atoms with E-state index in [4.69, 9.17) is 0 Å². The first kappa shape index (κ1) is 29.3. The highest BCUT2D eigenvalue weighted by Gasteiger charge is 2.62. The quantitative estimate of drug-likeness (QED) is 0.252. The van der Waals surface area contributed by atoms with Crippen molar-refractivity contribution in [1.29, 1.82) is 0 Å². The smallest absolute Gasteiger partial charge is 0.155 e. The summed E-state index contributed by atoms with van der Waals surface area (Å²) in [5.74, 6) is 11.7. The summed E-state index contributed by atoms with van der Waals surface area (Å²) < 4.78 is 0. The Morgan fingerprint density at radius 3 is 2.25 bits per heavy atom. The van der Waals surface area contributed by atoms with Gasteiger partial charge in [0, 0.05) is 22.8 Å². The van der Waals surface area contributed by atoms with E-state index in [2.05, 4.69) is 50.5 Å². The van der Waals surface area contributed by atoms with Gasteiger partial charge in [0.05, 0.1) is 6.10 Å². The van der Waals surface area contributed by atoms with Crippen molar-refractivity contribution in [3.05, 3.63) is 59.3 Å². The molecule has 0 saturated heterocycles. The van der Waals surface area contributed by atoms with Crippen LogP contribution in [0.15, 0.2) is 59.3 Å². The molecule has 234 valence electrons. The molecular formula is C41H52O3. The van der Waals surface area contributed by atoms with E-state index in [9.17, 15) is 15.0 Å². The van der Waals surface area contributed by atoms with Crippen molar-refractivity contribution in [2.24, 2.45) is 58.2 Å². The Balaban J connectivity index is 1.08. The number of ketones is 1. The Labute approximate surface area is 265 Å². The molecule has 0 aromatic carbocycles. The molecule has 0 aliphatic heterocycles. The average Bonchev–Trinajstić information content (AvgIpc) is 3.50. The minimum absolute atomic E-state index is 0.115. The van der Waals surface area contributed by atoms with E-state index in [0.717, 1.165) is 63.4 Å². The summed E-state index contributed by atoms with van der Waals surface area (Å²) in [4.78, 5) is 12.1. The zero-order valence-corrected chi connectivity index (χ0v) is 27.0. The maximum Gasteiger partial charge on any atom is 0.155 e. The van der Waals surface area contributed by atoms with E-state index in [-0.39, 0.29) is 10.8 Å². The van der Waals surface area contributed by atoms with Crippen molar-refractivity contribution >= 4 is 5.78 Å². The number of rotatable bonds is 2. The van der Waals surface area contributed by atoms with Gasteiger partial charge < -0.3 is 10.2 Å². The predicted octanol–water partition coefficient (Wildman–Crippen LogP) is 8.05. The predicted molar refractivity (Wildman–Crippen MR) is 175 cm³/mol. The zero-order chi connectivity index (χ0) is 30.4. The average molecular weight is 593 g/mol. The summed E-state index contributed by atoms with van der Waals surface area (Å²) in [7, 11) is 0. The standard InChI is InChI=1S/C41H52O3/c1-4-39-18-15-32-30-10-6-25(3)22-26(30)7-12-35(32)37(39)24-28(38(39)43)14-20-41(44)21-17-36-34-11-8-27-23-29(42)9-13-31(27)33(34)16-19-40(36,41)5-2/h17,21-24,30-38,43-44H,3-13,15-16,18-19H2,1-2H3/t30?,31?,32?,33?,34?,35?,36?,37?,38-,39-,40-,41-/m0/s1. The van der Waals surface area contributed by atoms with Crippen LogP contribution in [0.25, 0.3) is 0 Å². The Morgan fingerprint density at radius 1 is 0.841 bits per heavy atom. The fourth-order valence-electron chi connectivity index (χ4n) is 12.9. The number of aliphatic hydroxyl groups is 2. The van der Waals surface area contributed by atoms with Gasteiger partial charge in [0.2, 0.25) is 0 Å². The first-order chi connectivity index (χ1) is 21.2. The molecule has 44 heavy (non-hydrogen) atoms. The summed E-state index contributed by atoms with van der Waals surface area (Å²) in [6, 6.07) is 0. The van der Waals surface area contributed by atoms with Gasteiger partial charge in [-0.25, -0.2) is 0 Å². The number of hydrogen-bond acceptors (Lipinski definition) is 3. The molecule has 4 saturated carbocycles. The molecule has 8 aliphatic carbocycles. The molecule has 3 heteroatoms. The molecule has 0 radical (unpaired) electrons. The van der Waals surface area contributed by atoms with Gasteiger partial charge in [-0.1, -0.05) is 67.2 Å². The highest BCUT2D eigenvalue weighted by atomic mass is 16.3. The van der Waals surface area contributed by atoms with Gasteiger partial charge in [-0.15, -0.1) is 0 Å². The minimum atomic E-state index is -1.17. The van der Waals surface area contributed by atoms with E-state index >= 15 is 0 Å². The third kappa shape index (κ3) is 3.99. The van der Waals surface area contributed by atoms with Crippen molar-refractivity contribution in [2.75, 3.05) is 0 Å². The van der Waals surface area contributed by atoms with Gasteiger partial charge in [0.25, 0.3) is 0 Å². The maximum atomic E-state index is 12.4. The SMILES string of the molecule is C=C1C=C2CCC3C(CC[C@@]4(CC)C3C=C(C#C[C@]3(O)C=CC5C6CCC7=CC(=O)CCC7C6CC[C@@]53CC)[C@@H]4O)C2CC1. The van der Waals surface area contributed by atoms with Crippen molar-refractivity contribution in [3.8, 4) is 11.8 Å². The van der Waals surface area contributed by atoms with Crippen LogP contribution >= 0.6 is 0 Å². The van der Waals surface area contributed by atoms with Crippen LogP contribution < -0.4 is 0 Å². The molecule has 8 unspecified atom stereocenters. The minimum Gasteiger partial charge on any atom is -0.387 e.